The highest BCUT2D eigenvalue weighted by molar-refractivity contribution is 5.77. The number of rotatable bonds is 2. The second-order valence-corrected chi connectivity index (χ2v) is 6.52. The molecule has 0 bridgehead atoms. The van der Waals surface area contributed by atoms with Gasteiger partial charge in [0.2, 0.25) is 0 Å². The standard InChI is InChI=1S/C20H6F12/c1-3-9(21)14(26)7(15(27)10(3)22)5-13(25)6(19(31)20(32)18(5)30)8-16(28)11(23)4(2)12(24)17(8)29/h1-2H3. The number of hydrogen-bond acceptors (Lipinski definition) is 0. The molecule has 0 N–H and O–H groups in total. The summed E-state index contributed by atoms with van der Waals surface area (Å²) in [4.78, 5) is 0. The molecule has 0 aliphatic rings. The summed E-state index contributed by atoms with van der Waals surface area (Å²) in [6.45, 7) is 1.07. The zero-order valence-electron chi connectivity index (χ0n) is 15.5. The van der Waals surface area contributed by atoms with Crippen LogP contribution in [0, 0.1) is 83.7 Å². The lowest BCUT2D eigenvalue weighted by molar-refractivity contribution is 0.425. The fourth-order valence-electron chi connectivity index (χ4n) is 2.99. The van der Waals surface area contributed by atoms with E-state index in [1.54, 1.807) is 0 Å². The third-order valence-electron chi connectivity index (χ3n) is 4.73. The van der Waals surface area contributed by atoms with E-state index in [0.29, 0.717) is 13.8 Å². The van der Waals surface area contributed by atoms with Gasteiger partial charge in [-0.2, -0.15) is 0 Å². The molecule has 0 amide bonds. The summed E-state index contributed by atoms with van der Waals surface area (Å²) in [5, 5.41) is 0. The van der Waals surface area contributed by atoms with Crippen LogP contribution in [0.5, 0.6) is 0 Å². The van der Waals surface area contributed by atoms with Gasteiger partial charge in [-0.25, -0.2) is 52.7 Å². The van der Waals surface area contributed by atoms with Crippen LogP contribution in [0.25, 0.3) is 22.3 Å². The maximum absolute atomic E-state index is 15.0. The largest absolute Gasteiger partial charge is 0.205 e. The second-order valence-electron chi connectivity index (χ2n) is 6.52. The number of hydrogen-bond donors (Lipinski definition) is 0. The van der Waals surface area contributed by atoms with Crippen LogP contribution in [0.2, 0.25) is 0 Å². The van der Waals surface area contributed by atoms with Gasteiger partial charge >= 0.3 is 0 Å². The fraction of sp³-hybridized carbons (Fsp3) is 0.100. The zero-order valence-corrected chi connectivity index (χ0v) is 15.5. The maximum atomic E-state index is 15.0. The Bertz CT molecular complexity index is 1150. The Labute approximate surface area is 170 Å². The van der Waals surface area contributed by atoms with Crippen molar-refractivity contribution in [2.24, 2.45) is 0 Å². The van der Waals surface area contributed by atoms with Crippen molar-refractivity contribution in [2.45, 2.75) is 13.8 Å². The molecule has 32 heavy (non-hydrogen) atoms. The lowest BCUT2D eigenvalue weighted by atomic mass is 9.93. The molecule has 0 unspecified atom stereocenters. The quantitative estimate of drug-likeness (QED) is 0.208. The highest BCUT2D eigenvalue weighted by Gasteiger charge is 2.36. The molecule has 0 saturated carbocycles. The van der Waals surface area contributed by atoms with Gasteiger partial charge in [0.05, 0.1) is 22.3 Å². The summed E-state index contributed by atoms with van der Waals surface area (Å²) in [7, 11) is 0. The minimum atomic E-state index is -2.81. The van der Waals surface area contributed by atoms with E-state index in [1.807, 2.05) is 0 Å². The van der Waals surface area contributed by atoms with Crippen LogP contribution in [-0.2, 0) is 0 Å². The smallest absolute Gasteiger partial charge is 0.195 e. The summed E-state index contributed by atoms with van der Waals surface area (Å²) in [5.74, 6) is -29.5. The molecule has 0 fully saturated rings. The molecule has 0 spiro atoms. The predicted molar refractivity (Wildman–Crippen MR) is 86.3 cm³/mol. The molecule has 0 nitrogen and oxygen atoms in total. The average molecular weight is 474 g/mol. The van der Waals surface area contributed by atoms with Gasteiger partial charge in [-0.15, -0.1) is 0 Å². The molecule has 0 saturated heterocycles. The lowest BCUT2D eigenvalue weighted by Gasteiger charge is -2.17. The first-order chi connectivity index (χ1) is 14.7. The first kappa shape index (κ1) is 23.5. The molecule has 0 heterocycles. The molecule has 3 aromatic rings. The van der Waals surface area contributed by atoms with E-state index in [9.17, 15) is 52.7 Å². The van der Waals surface area contributed by atoms with Gasteiger partial charge < -0.3 is 0 Å². The van der Waals surface area contributed by atoms with Crippen LogP contribution >= 0.6 is 0 Å². The molecule has 0 aromatic heterocycles. The van der Waals surface area contributed by atoms with Gasteiger partial charge in [0.25, 0.3) is 0 Å². The summed E-state index contributed by atoms with van der Waals surface area (Å²) in [6, 6.07) is 0. The molecule has 3 rings (SSSR count). The number of halogens is 12. The predicted octanol–water partition coefficient (Wildman–Crippen LogP) is 7.31. The van der Waals surface area contributed by atoms with Gasteiger partial charge in [-0.1, -0.05) is 0 Å². The Morgan fingerprint density at radius 2 is 0.438 bits per heavy atom. The minimum absolute atomic E-state index is 0.534. The monoisotopic (exact) mass is 474 g/mol. The van der Waals surface area contributed by atoms with Crippen molar-refractivity contribution in [3.8, 4) is 22.3 Å². The van der Waals surface area contributed by atoms with E-state index < -0.39 is 103 Å². The second kappa shape index (κ2) is 7.75. The fourth-order valence-corrected chi connectivity index (χ4v) is 2.99. The van der Waals surface area contributed by atoms with E-state index >= 15 is 0 Å². The number of benzene rings is 3. The molecule has 170 valence electrons. The molecule has 0 radical (unpaired) electrons. The van der Waals surface area contributed by atoms with Crippen molar-refractivity contribution in [3.63, 3.8) is 0 Å². The van der Waals surface area contributed by atoms with Gasteiger partial charge in [-0.05, 0) is 13.8 Å². The molecule has 0 atom stereocenters. The molecule has 0 aliphatic heterocycles. The highest BCUT2D eigenvalue weighted by atomic mass is 19.2. The van der Waals surface area contributed by atoms with Crippen LogP contribution in [0.1, 0.15) is 11.1 Å². The van der Waals surface area contributed by atoms with Crippen molar-refractivity contribution in [3.05, 3.63) is 80.9 Å². The molecular formula is C20H6F12. The first-order valence-electron chi connectivity index (χ1n) is 8.27. The van der Waals surface area contributed by atoms with E-state index in [1.165, 1.54) is 0 Å². The summed E-state index contributed by atoms with van der Waals surface area (Å²) in [5.41, 5.74) is -11.7. The van der Waals surface area contributed by atoms with Crippen LogP contribution in [0.15, 0.2) is 0 Å². The Kier molecular flexibility index (Phi) is 5.69. The topological polar surface area (TPSA) is 0 Å². The Hall–Kier alpha value is -3.18. The summed E-state index contributed by atoms with van der Waals surface area (Å²) in [6.07, 6.45) is 0. The molecular weight excluding hydrogens is 468 g/mol. The Morgan fingerprint density at radius 1 is 0.250 bits per heavy atom. The molecule has 3 aromatic carbocycles. The minimum Gasteiger partial charge on any atom is -0.205 e. The van der Waals surface area contributed by atoms with E-state index in [4.69, 9.17) is 0 Å². The van der Waals surface area contributed by atoms with Gasteiger partial charge in [-0.3, -0.25) is 0 Å². The van der Waals surface area contributed by atoms with Crippen molar-refractivity contribution >= 4 is 0 Å². The van der Waals surface area contributed by atoms with Gasteiger partial charge in [0.1, 0.15) is 5.82 Å². The summed E-state index contributed by atoms with van der Waals surface area (Å²) < 4.78 is 170. The van der Waals surface area contributed by atoms with Crippen LogP contribution < -0.4 is 0 Å². The first-order valence-corrected chi connectivity index (χ1v) is 8.27. The maximum Gasteiger partial charge on any atom is 0.195 e. The third-order valence-corrected chi connectivity index (χ3v) is 4.73. The van der Waals surface area contributed by atoms with Gasteiger partial charge in [0, 0.05) is 11.1 Å². The van der Waals surface area contributed by atoms with Crippen molar-refractivity contribution < 1.29 is 52.7 Å². The SMILES string of the molecule is Cc1c(F)c(F)c(-c2c(F)c(F)c(F)c(-c3c(F)c(F)c(C)c(F)c3F)c2F)c(F)c1F. The summed E-state index contributed by atoms with van der Waals surface area (Å²) >= 11 is 0. The van der Waals surface area contributed by atoms with Crippen molar-refractivity contribution in [2.75, 3.05) is 0 Å². The zero-order chi connectivity index (χ0) is 24.4. The van der Waals surface area contributed by atoms with Crippen LogP contribution in [0.4, 0.5) is 52.7 Å². The average Bonchev–Trinajstić information content (AvgIpc) is 2.76. The normalized spacial score (nSPS) is 11.4. The van der Waals surface area contributed by atoms with Crippen LogP contribution in [-0.4, -0.2) is 0 Å². The lowest BCUT2D eigenvalue weighted by Crippen LogP contribution is -2.11. The van der Waals surface area contributed by atoms with Crippen molar-refractivity contribution in [1.82, 2.24) is 0 Å². The van der Waals surface area contributed by atoms with E-state index in [2.05, 4.69) is 0 Å². The third kappa shape index (κ3) is 3.03. The molecule has 0 aliphatic carbocycles. The van der Waals surface area contributed by atoms with Crippen molar-refractivity contribution in [1.29, 1.82) is 0 Å². The van der Waals surface area contributed by atoms with E-state index in [-0.39, 0.29) is 0 Å². The Balaban J connectivity index is 2.59. The highest BCUT2D eigenvalue weighted by Crippen LogP contribution is 2.43. The van der Waals surface area contributed by atoms with Gasteiger partial charge in [0.15, 0.2) is 64.0 Å². The Morgan fingerprint density at radius 3 is 0.688 bits per heavy atom. The molecule has 12 heteroatoms. The van der Waals surface area contributed by atoms with Crippen LogP contribution in [0.3, 0.4) is 0 Å². The van der Waals surface area contributed by atoms with E-state index in [0.717, 1.165) is 0 Å².